The number of hydrogen-bond donors (Lipinski definition) is 0. The van der Waals surface area contributed by atoms with Crippen molar-refractivity contribution < 1.29 is 19.1 Å². The molecule has 0 aromatic heterocycles. The van der Waals surface area contributed by atoms with Crippen molar-refractivity contribution >= 4 is 35.1 Å². The van der Waals surface area contributed by atoms with Crippen molar-refractivity contribution in [1.82, 2.24) is 9.80 Å². The first-order valence-electron chi connectivity index (χ1n) is 15.9. The van der Waals surface area contributed by atoms with Gasteiger partial charge in [0.15, 0.2) is 0 Å². The zero-order chi connectivity index (χ0) is 32.2. The van der Waals surface area contributed by atoms with Crippen molar-refractivity contribution in [1.29, 1.82) is 0 Å². The van der Waals surface area contributed by atoms with Gasteiger partial charge < -0.3 is 9.47 Å². The lowest BCUT2D eigenvalue weighted by Gasteiger charge is -2.28. The fourth-order valence-corrected chi connectivity index (χ4v) is 7.21. The van der Waals surface area contributed by atoms with E-state index in [2.05, 4.69) is 46.2 Å². The van der Waals surface area contributed by atoms with Crippen molar-refractivity contribution in [3.63, 3.8) is 0 Å². The molecule has 2 heterocycles. The molecule has 0 atom stereocenters. The minimum absolute atomic E-state index is 0.191. The summed E-state index contributed by atoms with van der Waals surface area (Å²) in [5.74, 6) is -0.383. The molecule has 0 N–H and O–H groups in total. The van der Waals surface area contributed by atoms with Crippen LogP contribution in [0.25, 0.3) is 33.4 Å². The second-order valence-electron chi connectivity index (χ2n) is 11.8. The van der Waals surface area contributed by atoms with E-state index in [1.54, 1.807) is 0 Å². The summed E-state index contributed by atoms with van der Waals surface area (Å²) < 4.78 is 10.3. The fourth-order valence-electron chi connectivity index (χ4n) is 6.54. The lowest BCUT2D eigenvalue weighted by atomic mass is 9.91. The van der Waals surface area contributed by atoms with E-state index in [9.17, 15) is 9.59 Å². The fraction of sp³-hybridized carbons (Fsp3) is 0.316. The number of hydrogen-bond acceptors (Lipinski definition) is 6. The van der Waals surface area contributed by atoms with Gasteiger partial charge in [-0.05, 0) is 72.2 Å². The SMILES string of the molecule is CCOC(=O)CN1CCc2ccc(-c3cccc(-c4cccc(-c5ccc6c(c5)CN(CC(=O)OCC)CC6)c4Cl)c3Cl)cc2C1. The van der Waals surface area contributed by atoms with E-state index in [1.807, 2.05) is 50.2 Å². The molecule has 4 aromatic rings. The first-order valence-corrected chi connectivity index (χ1v) is 16.7. The Morgan fingerprint density at radius 2 is 1.02 bits per heavy atom. The van der Waals surface area contributed by atoms with Crippen molar-refractivity contribution in [2.75, 3.05) is 39.4 Å². The molecule has 8 heteroatoms. The number of ether oxygens (including phenoxy) is 2. The topological polar surface area (TPSA) is 59.1 Å². The summed E-state index contributed by atoms with van der Waals surface area (Å²) >= 11 is 14.3. The number of carbonyl (C=O) groups is 2. The minimum Gasteiger partial charge on any atom is -0.465 e. The van der Waals surface area contributed by atoms with Crippen LogP contribution in [0.2, 0.25) is 10.0 Å². The summed E-state index contributed by atoms with van der Waals surface area (Å²) in [5.41, 5.74) is 10.6. The highest BCUT2D eigenvalue weighted by atomic mass is 35.5. The third-order valence-electron chi connectivity index (χ3n) is 8.82. The van der Waals surface area contributed by atoms with E-state index in [4.69, 9.17) is 32.7 Å². The van der Waals surface area contributed by atoms with E-state index in [0.717, 1.165) is 59.3 Å². The summed E-state index contributed by atoms with van der Waals surface area (Å²) in [6, 6.07) is 25.1. The molecular weight excluding hydrogens is 619 g/mol. The zero-order valence-corrected chi connectivity index (χ0v) is 27.8. The van der Waals surface area contributed by atoms with Crippen molar-refractivity contribution in [3.8, 4) is 33.4 Å². The number of nitrogens with zero attached hydrogens (tertiary/aromatic N) is 2. The first-order chi connectivity index (χ1) is 22.3. The Bertz CT molecular complexity index is 1640. The molecule has 2 aliphatic heterocycles. The van der Waals surface area contributed by atoms with Crippen LogP contribution in [0.3, 0.4) is 0 Å². The molecule has 6 rings (SSSR count). The number of benzene rings is 4. The number of fused-ring (bicyclic) bond motifs is 2. The van der Waals surface area contributed by atoms with Crippen LogP contribution in [0, 0.1) is 0 Å². The summed E-state index contributed by atoms with van der Waals surface area (Å²) in [7, 11) is 0. The molecule has 0 saturated carbocycles. The molecule has 46 heavy (non-hydrogen) atoms. The Balaban J connectivity index is 1.27. The van der Waals surface area contributed by atoms with E-state index in [0.29, 0.717) is 49.4 Å². The number of esters is 2. The van der Waals surface area contributed by atoms with Gasteiger partial charge in [-0.2, -0.15) is 0 Å². The molecule has 2 aliphatic rings. The predicted octanol–water partition coefficient (Wildman–Crippen LogP) is 7.84. The average molecular weight is 658 g/mol. The van der Waals surface area contributed by atoms with Gasteiger partial charge in [-0.1, -0.05) is 83.9 Å². The van der Waals surface area contributed by atoms with Crippen LogP contribution >= 0.6 is 23.2 Å². The highest BCUT2D eigenvalue weighted by molar-refractivity contribution is 6.39. The largest absolute Gasteiger partial charge is 0.465 e. The normalized spacial score (nSPS) is 14.8. The molecule has 6 nitrogen and oxygen atoms in total. The Kier molecular flexibility index (Phi) is 10.1. The lowest BCUT2D eigenvalue weighted by Crippen LogP contribution is -2.35. The van der Waals surface area contributed by atoms with Gasteiger partial charge in [0.25, 0.3) is 0 Å². The summed E-state index contributed by atoms with van der Waals surface area (Å²) in [4.78, 5) is 28.4. The van der Waals surface area contributed by atoms with Crippen LogP contribution in [-0.2, 0) is 45.0 Å². The molecule has 0 spiro atoms. The molecule has 0 saturated heterocycles. The van der Waals surface area contributed by atoms with E-state index in [1.165, 1.54) is 22.3 Å². The van der Waals surface area contributed by atoms with E-state index in [-0.39, 0.29) is 11.9 Å². The molecule has 0 bridgehead atoms. The summed E-state index contributed by atoms with van der Waals surface area (Å²) in [5, 5.41) is 1.28. The van der Waals surface area contributed by atoms with Crippen LogP contribution in [0.1, 0.15) is 36.1 Å². The van der Waals surface area contributed by atoms with Crippen molar-refractivity contribution in [2.45, 2.75) is 39.8 Å². The molecule has 238 valence electrons. The minimum atomic E-state index is -0.191. The van der Waals surface area contributed by atoms with Crippen molar-refractivity contribution in [3.05, 3.63) is 105 Å². The van der Waals surface area contributed by atoms with Gasteiger partial charge in [-0.3, -0.25) is 19.4 Å². The standard InChI is InChI=1S/C38H38Cl2N2O4/c1-3-45-35(43)23-41-17-15-25-11-13-27(19-29(25)21-41)31-7-5-9-33(37(31)39)34-10-6-8-32(38(34)40)28-14-12-26-16-18-42(22-30(26)20-28)24-36(44)46-4-2/h5-14,19-20H,3-4,15-18,21-24H2,1-2H3. The highest BCUT2D eigenvalue weighted by Crippen LogP contribution is 2.43. The monoisotopic (exact) mass is 656 g/mol. The van der Waals surface area contributed by atoms with E-state index >= 15 is 0 Å². The third kappa shape index (κ3) is 7.01. The zero-order valence-electron chi connectivity index (χ0n) is 26.3. The third-order valence-corrected chi connectivity index (χ3v) is 9.64. The average Bonchev–Trinajstić information content (AvgIpc) is 3.05. The maximum Gasteiger partial charge on any atom is 0.320 e. The van der Waals surface area contributed by atoms with Gasteiger partial charge in [-0.25, -0.2) is 0 Å². The molecule has 4 aromatic carbocycles. The second-order valence-corrected chi connectivity index (χ2v) is 12.6. The quantitative estimate of drug-likeness (QED) is 0.171. The van der Waals surface area contributed by atoms with Crippen LogP contribution in [-0.4, -0.2) is 61.1 Å². The van der Waals surface area contributed by atoms with Crippen LogP contribution < -0.4 is 0 Å². The summed E-state index contributed by atoms with van der Waals surface area (Å²) in [6.45, 7) is 8.04. The highest BCUT2D eigenvalue weighted by Gasteiger charge is 2.23. The van der Waals surface area contributed by atoms with E-state index < -0.39 is 0 Å². The first kappa shape index (κ1) is 32.3. The van der Waals surface area contributed by atoms with Gasteiger partial charge >= 0.3 is 11.9 Å². The van der Waals surface area contributed by atoms with Crippen molar-refractivity contribution in [2.24, 2.45) is 0 Å². The molecule has 0 fully saturated rings. The molecular formula is C38H38Cl2N2O4. The number of carbonyl (C=O) groups excluding carboxylic acids is 2. The van der Waals surface area contributed by atoms with Gasteiger partial charge in [0, 0.05) is 48.4 Å². The predicted molar refractivity (Wildman–Crippen MR) is 184 cm³/mol. The van der Waals surface area contributed by atoms with Crippen LogP contribution in [0.5, 0.6) is 0 Å². The Morgan fingerprint density at radius 3 is 1.43 bits per heavy atom. The molecule has 0 aliphatic carbocycles. The summed E-state index contributed by atoms with van der Waals surface area (Å²) in [6.07, 6.45) is 1.77. The van der Waals surface area contributed by atoms with Crippen LogP contribution in [0.4, 0.5) is 0 Å². The molecule has 0 radical (unpaired) electrons. The molecule has 0 unspecified atom stereocenters. The Hall–Kier alpha value is -3.68. The van der Waals surface area contributed by atoms with Gasteiger partial charge in [-0.15, -0.1) is 0 Å². The lowest BCUT2D eigenvalue weighted by molar-refractivity contribution is -0.145. The maximum absolute atomic E-state index is 12.1. The van der Waals surface area contributed by atoms with Gasteiger partial charge in [0.2, 0.25) is 0 Å². The molecule has 0 amide bonds. The Labute approximate surface area is 280 Å². The second kappa shape index (κ2) is 14.4. The van der Waals surface area contributed by atoms with Gasteiger partial charge in [0.1, 0.15) is 0 Å². The van der Waals surface area contributed by atoms with Gasteiger partial charge in [0.05, 0.1) is 36.3 Å². The smallest absolute Gasteiger partial charge is 0.320 e. The number of halogens is 2. The maximum atomic E-state index is 12.1. The Morgan fingerprint density at radius 1 is 0.609 bits per heavy atom. The van der Waals surface area contributed by atoms with Crippen LogP contribution in [0.15, 0.2) is 72.8 Å². The number of rotatable bonds is 9.